The molecule has 2 amide bonds. The van der Waals surface area contributed by atoms with E-state index in [1.165, 1.54) is 19.2 Å². The summed E-state index contributed by atoms with van der Waals surface area (Å²) in [5.41, 5.74) is -0.168. The summed E-state index contributed by atoms with van der Waals surface area (Å²) in [6, 6.07) is 14.5. The number of carbonyl (C=O) groups is 3. The van der Waals surface area contributed by atoms with Crippen molar-refractivity contribution in [3.05, 3.63) is 60.2 Å². The van der Waals surface area contributed by atoms with E-state index < -0.39 is 35.3 Å². The highest BCUT2D eigenvalue weighted by Crippen LogP contribution is 2.50. The molecule has 2 aliphatic heterocycles. The molecular formula is C21H20N2O5. The molecule has 7 heteroatoms. The number of fused-ring (bicyclic) bond motifs is 1. The van der Waals surface area contributed by atoms with Crippen molar-refractivity contribution in [3.63, 3.8) is 0 Å². The standard InChI is InChI=1S/C21H20N2O5/c1-21(20(27)28-2)16-15(17(22-21)12-8-10-14(24)11-9-12)18(25)23(19(16)26)13-6-4-3-5-7-13/h3-11,15-17,22,24H,1-2H3/t15-,16+,17-,21+/m0/s1. The number of ether oxygens (including phenoxy) is 1. The van der Waals surface area contributed by atoms with Gasteiger partial charge in [-0.2, -0.15) is 0 Å². The van der Waals surface area contributed by atoms with Gasteiger partial charge in [-0.15, -0.1) is 0 Å². The fourth-order valence-electron chi connectivity index (χ4n) is 4.34. The maximum atomic E-state index is 13.3. The Morgan fingerprint density at radius 2 is 1.71 bits per heavy atom. The maximum Gasteiger partial charge on any atom is 0.326 e. The lowest BCUT2D eigenvalue weighted by Crippen LogP contribution is -2.54. The molecule has 4 rings (SSSR count). The first-order chi connectivity index (χ1) is 13.4. The van der Waals surface area contributed by atoms with Crippen molar-refractivity contribution in [2.45, 2.75) is 18.5 Å². The highest BCUT2D eigenvalue weighted by molar-refractivity contribution is 6.24. The number of carbonyl (C=O) groups excluding carboxylic acids is 3. The largest absolute Gasteiger partial charge is 0.508 e. The smallest absolute Gasteiger partial charge is 0.326 e. The number of hydrogen-bond donors (Lipinski definition) is 2. The molecule has 0 radical (unpaired) electrons. The van der Waals surface area contributed by atoms with Gasteiger partial charge in [-0.05, 0) is 36.8 Å². The van der Waals surface area contributed by atoms with E-state index in [1.54, 1.807) is 49.4 Å². The van der Waals surface area contributed by atoms with Crippen LogP contribution in [0.4, 0.5) is 5.69 Å². The van der Waals surface area contributed by atoms with Gasteiger partial charge in [-0.25, -0.2) is 4.90 Å². The van der Waals surface area contributed by atoms with Gasteiger partial charge < -0.3 is 9.84 Å². The number of aromatic hydroxyl groups is 1. The van der Waals surface area contributed by atoms with Crippen LogP contribution in [0.25, 0.3) is 0 Å². The molecule has 7 nitrogen and oxygen atoms in total. The number of esters is 1. The Morgan fingerprint density at radius 1 is 1.07 bits per heavy atom. The molecular weight excluding hydrogens is 360 g/mol. The van der Waals surface area contributed by atoms with Crippen LogP contribution in [-0.4, -0.2) is 35.5 Å². The van der Waals surface area contributed by atoms with Gasteiger partial charge in [0, 0.05) is 6.04 Å². The van der Waals surface area contributed by atoms with Gasteiger partial charge in [0.15, 0.2) is 0 Å². The monoisotopic (exact) mass is 380 g/mol. The molecule has 2 aromatic rings. The van der Waals surface area contributed by atoms with Crippen LogP contribution >= 0.6 is 0 Å². The normalized spacial score (nSPS) is 29.1. The molecule has 2 aliphatic rings. The summed E-state index contributed by atoms with van der Waals surface area (Å²) in [7, 11) is 1.26. The maximum absolute atomic E-state index is 13.3. The van der Waals surface area contributed by atoms with Crippen molar-refractivity contribution in [1.29, 1.82) is 0 Å². The van der Waals surface area contributed by atoms with Crippen molar-refractivity contribution in [3.8, 4) is 5.75 Å². The van der Waals surface area contributed by atoms with Crippen LogP contribution in [0.5, 0.6) is 5.75 Å². The van der Waals surface area contributed by atoms with Crippen molar-refractivity contribution >= 4 is 23.5 Å². The minimum atomic E-state index is -1.35. The summed E-state index contributed by atoms with van der Waals surface area (Å²) in [4.78, 5) is 40.3. The van der Waals surface area contributed by atoms with Crippen molar-refractivity contribution in [1.82, 2.24) is 5.32 Å². The number of imide groups is 1. The summed E-state index contributed by atoms with van der Waals surface area (Å²) in [5.74, 6) is -2.95. The molecule has 0 bridgehead atoms. The lowest BCUT2D eigenvalue weighted by molar-refractivity contribution is -0.151. The van der Waals surface area contributed by atoms with Gasteiger partial charge in [0.25, 0.3) is 0 Å². The predicted molar refractivity (Wildman–Crippen MR) is 100 cm³/mol. The zero-order valence-corrected chi connectivity index (χ0v) is 15.5. The molecule has 2 heterocycles. The van der Waals surface area contributed by atoms with E-state index in [-0.39, 0.29) is 11.7 Å². The fraction of sp³-hybridized carbons (Fsp3) is 0.286. The Morgan fingerprint density at radius 3 is 2.32 bits per heavy atom. The van der Waals surface area contributed by atoms with E-state index in [0.717, 1.165) is 4.90 Å². The zero-order chi connectivity index (χ0) is 20.1. The molecule has 0 unspecified atom stereocenters. The summed E-state index contributed by atoms with van der Waals surface area (Å²) in [6.45, 7) is 1.59. The second-order valence-electron chi connectivity index (χ2n) is 7.26. The number of rotatable bonds is 3. The number of anilines is 1. The SMILES string of the molecule is COC(=O)[C@]1(C)N[C@@H](c2ccc(O)cc2)[C@H]2C(=O)N(c3ccccc3)C(=O)[C@@H]21. The van der Waals surface area contributed by atoms with Crippen LogP contribution in [0.2, 0.25) is 0 Å². The Labute approximate surface area is 161 Å². The minimum absolute atomic E-state index is 0.0914. The highest BCUT2D eigenvalue weighted by Gasteiger charge is 2.67. The number of methoxy groups -OCH3 is 1. The summed E-state index contributed by atoms with van der Waals surface area (Å²) < 4.78 is 4.95. The second-order valence-corrected chi connectivity index (χ2v) is 7.26. The van der Waals surface area contributed by atoms with Crippen molar-refractivity contribution in [2.24, 2.45) is 11.8 Å². The van der Waals surface area contributed by atoms with Gasteiger partial charge in [0.05, 0.1) is 24.6 Å². The summed E-state index contributed by atoms with van der Waals surface area (Å²) >= 11 is 0. The molecule has 4 atom stereocenters. The second kappa shape index (κ2) is 6.45. The van der Waals surface area contributed by atoms with Crippen LogP contribution in [0.1, 0.15) is 18.5 Å². The lowest BCUT2D eigenvalue weighted by atomic mass is 9.80. The quantitative estimate of drug-likeness (QED) is 0.622. The average Bonchev–Trinajstić information content (AvgIpc) is 3.16. The number of amides is 2. The van der Waals surface area contributed by atoms with Crippen LogP contribution in [0.3, 0.4) is 0 Å². The first-order valence-corrected chi connectivity index (χ1v) is 8.96. The third-order valence-corrected chi connectivity index (χ3v) is 5.66. The van der Waals surface area contributed by atoms with Gasteiger partial charge >= 0.3 is 5.97 Å². The third kappa shape index (κ3) is 2.51. The van der Waals surface area contributed by atoms with Gasteiger partial charge in [-0.1, -0.05) is 30.3 Å². The zero-order valence-electron chi connectivity index (χ0n) is 15.5. The van der Waals surface area contributed by atoms with E-state index in [4.69, 9.17) is 4.74 Å². The number of nitrogens with zero attached hydrogens (tertiary/aromatic N) is 1. The number of hydrogen-bond acceptors (Lipinski definition) is 6. The molecule has 2 saturated heterocycles. The Hall–Kier alpha value is -3.19. The Balaban J connectivity index is 1.82. The van der Waals surface area contributed by atoms with Crippen LogP contribution in [-0.2, 0) is 19.1 Å². The summed E-state index contributed by atoms with van der Waals surface area (Å²) in [5, 5.41) is 12.7. The van der Waals surface area contributed by atoms with Crippen molar-refractivity contribution in [2.75, 3.05) is 12.0 Å². The first-order valence-electron chi connectivity index (χ1n) is 8.96. The Bertz CT molecular complexity index is 943. The van der Waals surface area contributed by atoms with E-state index in [9.17, 15) is 19.5 Å². The first kappa shape index (κ1) is 18.2. The van der Waals surface area contributed by atoms with Gasteiger partial charge in [0.2, 0.25) is 11.8 Å². The molecule has 0 spiro atoms. The van der Waals surface area contributed by atoms with Gasteiger partial charge in [-0.3, -0.25) is 19.7 Å². The molecule has 2 aromatic carbocycles. The number of nitrogens with one attached hydrogen (secondary N) is 1. The third-order valence-electron chi connectivity index (χ3n) is 5.66. The molecule has 28 heavy (non-hydrogen) atoms. The fourth-order valence-corrected chi connectivity index (χ4v) is 4.34. The average molecular weight is 380 g/mol. The number of phenols is 1. The van der Waals surface area contributed by atoms with Crippen molar-refractivity contribution < 1.29 is 24.2 Å². The van der Waals surface area contributed by atoms with E-state index in [1.807, 2.05) is 0 Å². The molecule has 0 saturated carbocycles. The van der Waals surface area contributed by atoms with Crippen LogP contribution in [0.15, 0.2) is 54.6 Å². The van der Waals surface area contributed by atoms with E-state index in [2.05, 4.69) is 5.32 Å². The molecule has 144 valence electrons. The molecule has 2 fully saturated rings. The Kier molecular flexibility index (Phi) is 4.19. The van der Waals surface area contributed by atoms with E-state index in [0.29, 0.717) is 11.3 Å². The molecule has 0 aliphatic carbocycles. The molecule has 2 N–H and O–H groups in total. The highest BCUT2D eigenvalue weighted by atomic mass is 16.5. The minimum Gasteiger partial charge on any atom is -0.508 e. The topological polar surface area (TPSA) is 95.9 Å². The summed E-state index contributed by atoms with van der Waals surface area (Å²) in [6.07, 6.45) is 0. The number of phenolic OH excluding ortho intramolecular Hbond substituents is 1. The van der Waals surface area contributed by atoms with Crippen LogP contribution in [0, 0.1) is 11.8 Å². The van der Waals surface area contributed by atoms with Crippen LogP contribution < -0.4 is 10.2 Å². The molecule has 0 aromatic heterocycles. The van der Waals surface area contributed by atoms with E-state index >= 15 is 0 Å². The lowest BCUT2D eigenvalue weighted by Gasteiger charge is -2.28. The number of benzene rings is 2. The predicted octanol–water partition coefficient (Wildman–Crippen LogP) is 1.77. The number of para-hydroxylation sites is 1. The van der Waals surface area contributed by atoms with Gasteiger partial charge in [0.1, 0.15) is 11.3 Å².